The molecule has 0 unspecified atom stereocenters. The fourth-order valence-electron chi connectivity index (χ4n) is 3.11. The SMILES string of the molecule is C=C[C@H]1CC[C@@H](/C=C/c2ccccc2)C1(OCOC)OCOC. The smallest absolute Gasteiger partial charge is 0.186 e. The molecule has 0 N–H and O–H groups in total. The number of hydrogen-bond acceptors (Lipinski definition) is 4. The van der Waals surface area contributed by atoms with Gasteiger partial charge in [-0.15, -0.1) is 6.58 Å². The first-order valence-corrected chi connectivity index (χ1v) is 7.88. The average Bonchev–Trinajstić information content (AvgIpc) is 2.95. The highest BCUT2D eigenvalue weighted by atomic mass is 16.8. The molecule has 0 spiro atoms. The molecular weight excluding hydrogens is 292 g/mol. The van der Waals surface area contributed by atoms with Crippen LogP contribution >= 0.6 is 0 Å². The van der Waals surface area contributed by atoms with E-state index in [1.807, 2.05) is 24.3 Å². The van der Waals surface area contributed by atoms with Gasteiger partial charge in [0.2, 0.25) is 0 Å². The molecule has 126 valence electrons. The van der Waals surface area contributed by atoms with Crippen LogP contribution in [0, 0.1) is 11.8 Å². The average molecular weight is 318 g/mol. The van der Waals surface area contributed by atoms with E-state index >= 15 is 0 Å². The molecule has 2 rings (SSSR count). The molecule has 4 heteroatoms. The van der Waals surface area contributed by atoms with Crippen LogP contribution in [0.3, 0.4) is 0 Å². The number of benzene rings is 1. The molecule has 0 aromatic heterocycles. The largest absolute Gasteiger partial charge is 0.359 e. The Morgan fingerprint density at radius 3 is 2.22 bits per heavy atom. The fourth-order valence-corrected chi connectivity index (χ4v) is 3.11. The molecule has 0 radical (unpaired) electrons. The van der Waals surface area contributed by atoms with Crippen molar-refractivity contribution in [3.05, 3.63) is 54.6 Å². The highest BCUT2D eigenvalue weighted by Gasteiger charge is 2.50. The Morgan fingerprint density at radius 2 is 1.65 bits per heavy atom. The molecule has 23 heavy (non-hydrogen) atoms. The van der Waals surface area contributed by atoms with E-state index in [2.05, 4.69) is 30.9 Å². The standard InChI is InChI=1S/C19H26O4/c1-4-17-12-13-18(11-10-16-8-6-5-7-9-16)19(17,22-14-20-2)23-15-21-3/h4-11,17-18H,1,12-15H2,2-3H3/b11-10+/t17-,18+/m0/s1. The third-order valence-electron chi connectivity index (χ3n) is 4.23. The number of hydrogen-bond donors (Lipinski definition) is 0. The van der Waals surface area contributed by atoms with Gasteiger partial charge < -0.3 is 18.9 Å². The van der Waals surface area contributed by atoms with Crippen molar-refractivity contribution in [1.82, 2.24) is 0 Å². The molecule has 1 saturated carbocycles. The third-order valence-corrected chi connectivity index (χ3v) is 4.23. The van der Waals surface area contributed by atoms with Crippen LogP contribution < -0.4 is 0 Å². The maximum absolute atomic E-state index is 6.00. The maximum Gasteiger partial charge on any atom is 0.186 e. The van der Waals surface area contributed by atoms with Crippen LogP contribution in [0.25, 0.3) is 6.08 Å². The zero-order valence-electron chi connectivity index (χ0n) is 13.9. The first-order valence-electron chi connectivity index (χ1n) is 7.88. The lowest BCUT2D eigenvalue weighted by Gasteiger charge is -2.37. The summed E-state index contributed by atoms with van der Waals surface area (Å²) in [5, 5.41) is 0. The Hall–Kier alpha value is -1.46. The molecule has 1 aliphatic rings. The minimum absolute atomic E-state index is 0.0956. The van der Waals surface area contributed by atoms with Crippen LogP contribution in [0.5, 0.6) is 0 Å². The van der Waals surface area contributed by atoms with Gasteiger partial charge in [-0.05, 0) is 18.4 Å². The maximum atomic E-state index is 6.00. The molecule has 0 amide bonds. The molecular formula is C19H26O4. The van der Waals surface area contributed by atoms with Gasteiger partial charge in [-0.1, -0.05) is 48.6 Å². The summed E-state index contributed by atoms with van der Waals surface area (Å²) in [5.74, 6) is -0.590. The molecule has 1 aromatic carbocycles. The first-order chi connectivity index (χ1) is 11.3. The molecule has 1 aromatic rings. The van der Waals surface area contributed by atoms with Crippen molar-refractivity contribution in [2.45, 2.75) is 18.6 Å². The van der Waals surface area contributed by atoms with Crippen LogP contribution in [0.15, 0.2) is 49.1 Å². The summed E-state index contributed by atoms with van der Waals surface area (Å²) in [6.45, 7) is 4.28. The van der Waals surface area contributed by atoms with E-state index in [0.29, 0.717) is 0 Å². The van der Waals surface area contributed by atoms with E-state index in [-0.39, 0.29) is 25.4 Å². The summed E-state index contributed by atoms with van der Waals surface area (Å²) in [5.41, 5.74) is 1.15. The van der Waals surface area contributed by atoms with E-state index in [9.17, 15) is 0 Å². The Bertz CT molecular complexity index is 489. The van der Waals surface area contributed by atoms with E-state index in [4.69, 9.17) is 18.9 Å². The van der Waals surface area contributed by atoms with Gasteiger partial charge in [-0.3, -0.25) is 0 Å². The molecule has 4 nitrogen and oxygen atoms in total. The minimum atomic E-state index is -0.793. The van der Waals surface area contributed by atoms with Crippen LogP contribution in [0.1, 0.15) is 18.4 Å². The van der Waals surface area contributed by atoms with Crippen molar-refractivity contribution < 1.29 is 18.9 Å². The summed E-state index contributed by atoms with van der Waals surface area (Å²) in [6.07, 6.45) is 8.09. The highest BCUT2D eigenvalue weighted by molar-refractivity contribution is 5.49. The topological polar surface area (TPSA) is 36.9 Å². The van der Waals surface area contributed by atoms with Crippen LogP contribution in [0.4, 0.5) is 0 Å². The zero-order chi connectivity index (χ0) is 16.5. The lowest BCUT2D eigenvalue weighted by molar-refractivity contribution is -0.314. The molecule has 0 heterocycles. The molecule has 2 atom stereocenters. The number of ether oxygens (including phenoxy) is 4. The summed E-state index contributed by atoms with van der Waals surface area (Å²) >= 11 is 0. The van der Waals surface area contributed by atoms with Crippen LogP contribution in [0.2, 0.25) is 0 Å². The van der Waals surface area contributed by atoms with Crippen molar-refractivity contribution in [2.24, 2.45) is 11.8 Å². The monoisotopic (exact) mass is 318 g/mol. The van der Waals surface area contributed by atoms with Crippen LogP contribution in [-0.2, 0) is 18.9 Å². The second-order valence-corrected chi connectivity index (χ2v) is 5.62. The van der Waals surface area contributed by atoms with E-state index < -0.39 is 5.79 Å². The number of methoxy groups -OCH3 is 2. The molecule has 0 saturated heterocycles. The zero-order valence-corrected chi connectivity index (χ0v) is 13.9. The Balaban J connectivity index is 2.22. The Morgan fingerprint density at radius 1 is 1.04 bits per heavy atom. The van der Waals surface area contributed by atoms with Gasteiger partial charge in [-0.25, -0.2) is 0 Å². The quantitative estimate of drug-likeness (QED) is 0.512. The number of rotatable bonds is 9. The molecule has 0 bridgehead atoms. The third kappa shape index (κ3) is 4.30. The molecule has 1 fully saturated rings. The fraction of sp³-hybridized carbons (Fsp3) is 0.474. The second kappa shape index (κ2) is 8.99. The van der Waals surface area contributed by atoms with Crippen molar-refractivity contribution in [3.63, 3.8) is 0 Å². The highest BCUT2D eigenvalue weighted by Crippen LogP contribution is 2.46. The van der Waals surface area contributed by atoms with E-state index in [1.54, 1.807) is 14.2 Å². The van der Waals surface area contributed by atoms with Crippen molar-refractivity contribution in [2.75, 3.05) is 27.8 Å². The van der Waals surface area contributed by atoms with Gasteiger partial charge in [0.15, 0.2) is 5.79 Å². The predicted molar refractivity (Wildman–Crippen MR) is 90.5 cm³/mol. The van der Waals surface area contributed by atoms with Gasteiger partial charge in [-0.2, -0.15) is 0 Å². The van der Waals surface area contributed by atoms with Crippen molar-refractivity contribution >= 4 is 6.08 Å². The Kier molecular flexibility index (Phi) is 6.99. The lowest BCUT2D eigenvalue weighted by atomic mass is 9.94. The predicted octanol–water partition coefficient (Wildman–Crippen LogP) is 3.85. The lowest BCUT2D eigenvalue weighted by Crippen LogP contribution is -2.45. The first kappa shape index (κ1) is 17.9. The van der Waals surface area contributed by atoms with E-state index in [0.717, 1.165) is 18.4 Å². The van der Waals surface area contributed by atoms with Gasteiger partial charge in [0.1, 0.15) is 13.6 Å². The van der Waals surface area contributed by atoms with Gasteiger partial charge in [0, 0.05) is 26.1 Å². The van der Waals surface area contributed by atoms with Crippen molar-refractivity contribution in [3.8, 4) is 0 Å². The van der Waals surface area contributed by atoms with Crippen LogP contribution in [-0.4, -0.2) is 33.6 Å². The van der Waals surface area contributed by atoms with Gasteiger partial charge >= 0.3 is 0 Å². The Labute approximate surface area is 138 Å². The molecule has 0 aliphatic heterocycles. The molecule has 1 aliphatic carbocycles. The normalized spacial score (nSPS) is 23.4. The van der Waals surface area contributed by atoms with Crippen molar-refractivity contribution in [1.29, 1.82) is 0 Å². The minimum Gasteiger partial charge on any atom is -0.359 e. The summed E-state index contributed by atoms with van der Waals surface area (Å²) in [6, 6.07) is 10.2. The van der Waals surface area contributed by atoms with Gasteiger partial charge in [0.05, 0.1) is 0 Å². The van der Waals surface area contributed by atoms with E-state index in [1.165, 1.54) is 0 Å². The summed E-state index contributed by atoms with van der Waals surface area (Å²) in [4.78, 5) is 0. The summed E-state index contributed by atoms with van der Waals surface area (Å²) in [7, 11) is 3.22. The summed E-state index contributed by atoms with van der Waals surface area (Å²) < 4.78 is 22.2. The second-order valence-electron chi connectivity index (χ2n) is 5.62. The van der Waals surface area contributed by atoms with Gasteiger partial charge in [0.25, 0.3) is 0 Å².